The Morgan fingerprint density at radius 2 is 1.85 bits per heavy atom. The van der Waals surface area contributed by atoms with Crippen molar-refractivity contribution in [2.45, 2.75) is 0 Å². The van der Waals surface area contributed by atoms with Crippen LogP contribution in [0.4, 0.5) is 4.39 Å². The van der Waals surface area contributed by atoms with Crippen LogP contribution in [0.15, 0.2) is 30.5 Å². The lowest BCUT2D eigenvalue weighted by molar-refractivity contribution is 0.112. The van der Waals surface area contributed by atoms with Crippen molar-refractivity contribution in [2.24, 2.45) is 0 Å². The van der Waals surface area contributed by atoms with Gasteiger partial charge in [0.2, 0.25) is 0 Å². The van der Waals surface area contributed by atoms with Crippen molar-refractivity contribution in [1.82, 2.24) is 4.57 Å². The molecule has 0 aliphatic rings. The Morgan fingerprint density at radius 3 is 2.40 bits per heavy atom. The van der Waals surface area contributed by atoms with Crippen molar-refractivity contribution in [2.75, 3.05) is 0 Å². The molecule has 0 amide bonds. The second-order valence-corrected chi connectivity index (χ2v) is 4.74. The zero-order chi connectivity index (χ0) is 14.9. The van der Waals surface area contributed by atoms with Crippen molar-refractivity contribution in [1.29, 1.82) is 10.8 Å². The fourth-order valence-electron chi connectivity index (χ4n) is 1.67. The third-order valence-corrected chi connectivity index (χ3v) is 3.19. The summed E-state index contributed by atoms with van der Waals surface area (Å²) in [5.41, 5.74) is 0.304. The quantitative estimate of drug-likeness (QED) is 0.499. The number of rotatable bonds is 2. The Morgan fingerprint density at radius 1 is 1.25 bits per heavy atom. The fraction of sp³-hybridized carbons (Fsp3) is 0. The van der Waals surface area contributed by atoms with Crippen LogP contribution in [0.1, 0.15) is 15.9 Å². The molecular weight excluding hydrogens is 304 g/mol. The van der Waals surface area contributed by atoms with Gasteiger partial charge in [-0.05, 0) is 24.3 Å². The molecule has 0 saturated carbocycles. The molecule has 0 fully saturated rings. The minimum atomic E-state index is -0.595. The van der Waals surface area contributed by atoms with E-state index in [1.165, 1.54) is 18.2 Å². The number of aromatic nitrogens is 1. The van der Waals surface area contributed by atoms with Gasteiger partial charge in [0.05, 0.1) is 15.6 Å². The maximum absolute atomic E-state index is 13.2. The molecule has 2 aromatic rings. The number of carbonyl (C=O) groups excluding carboxylic acids is 1. The van der Waals surface area contributed by atoms with Crippen LogP contribution in [0.5, 0.6) is 0 Å². The number of hydrogen-bond donors (Lipinski definition) is 2. The van der Waals surface area contributed by atoms with Crippen LogP contribution < -0.4 is 5.49 Å². The highest BCUT2D eigenvalue weighted by Crippen LogP contribution is 2.26. The first-order valence-corrected chi connectivity index (χ1v) is 6.16. The van der Waals surface area contributed by atoms with Gasteiger partial charge in [-0.15, -0.1) is 0 Å². The SMILES string of the molecule is N=C(c1c(Cl)cc(C=O)cc1Cl)n1cc(F)ccc1=N. The summed E-state index contributed by atoms with van der Waals surface area (Å²) >= 11 is 12.0. The second-order valence-electron chi connectivity index (χ2n) is 3.93. The molecule has 20 heavy (non-hydrogen) atoms. The molecule has 0 radical (unpaired) electrons. The molecule has 0 atom stereocenters. The molecule has 0 unspecified atom stereocenters. The van der Waals surface area contributed by atoms with Gasteiger partial charge in [-0.1, -0.05) is 23.2 Å². The fourth-order valence-corrected chi connectivity index (χ4v) is 2.35. The van der Waals surface area contributed by atoms with Crippen LogP contribution in [0.25, 0.3) is 0 Å². The van der Waals surface area contributed by atoms with Gasteiger partial charge in [-0.2, -0.15) is 0 Å². The predicted molar refractivity (Wildman–Crippen MR) is 74.3 cm³/mol. The van der Waals surface area contributed by atoms with E-state index < -0.39 is 5.82 Å². The zero-order valence-corrected chi connectivity index (χ0v) is 11.5. The zero-order valence-electron chi connectivity index (χ0n) is 9.95. The van der Waals surface area contributed by atoms with Gasteiger partial charge in [0.1, 0.15) is 23.4 Å². The number of hydrogen-bond acceptors (Lipinski definition) is 3. The summed E-state index contributed by atoms with van der Waals surface area (Å²) in [4.78, 5) is 10.7. The molecule has 0 spiro atoms. The number of carbonyl (C=O) groups is 1. The monoisotopic (exact) mass is 311 g/mol. The molecule has 0 saturated heterocycles. The first-order valence-electron chi connectivity index (χ1n) is 5.40. The van der Waals surface area contributed by atoms with Crippen molar-refractivity contribution in [3.8, 4) is 0 Å². The number of nitrogens with one attached hydrogen (secondary N) is 2. The highest BCUT2D eigenvalue weighted by molar-refractivity contribution is 6.40. The van der Waals surface area contributed by atoms with Crippen LogP contribution in [0.2, 0.25) is 10.0 Å². The summed E-state index contributed by atoms with van der Waals surface area (Å²) < 4.78 is 14.2. The lowest BCUT2D eigenvalue weighted by atomic mass is 10.1. The van der Waals surface area contributed by atoms with E-state index in [0.29, 0.717) is 6.29 Å². The van der Waals surface area contributed by atoms with Gasteiger partial charge in [0.15, 0.2) is 0 Å². The van der Waals surface area contributed by atoms with Gasteiger partial charge in [0, 0.05) is 11.8 Å². The van der Waals surface area contributed by atoms with Crippen LogP contribution >= 0.6 is 23.2 Å². The number of aldehydes is 1. The number of benzene rings is 1. The Labute approximate surface area is 123 Å². The van der Waals surface area contributed by atoms with Crippen molar-refractivity contribution < 1.29 is 9.18 Å². The van der Waals surface area contributed by atoms with E-state index in [1.807, 2.05) is 0 Å². The maximum atomic E-state index is 13.2. The molecular formula is C13H8Cl2FN3O. The molecule has 0 aliphatic heterocycles. The van der Waals surface area contributed by atoms with E-state index in [-0.39, 0.29) is 32.5 Å². The molecule has 0 aliphatic carbocycles. The van der Waals surface area contributed by atoms with Gasteiger partial charge < -0.3 is 0 Å². The summed E-state index contributed by atoms with van der Waals surface area (Å²) in [7, 11) is 0. The summed E-state index contributed by atoms with van der Waals surface area (Å²) in [6.45, 7) is 0. The second kappa shape index (κ2) is 5.56. The smallest absolute Gasteiger partial charge is 0.150 e. The summed E-state index contributed by atoms with van der Waals surface area (Å²) in [6, 6.07) is 5.04. The number of pyridine rings is 1. The minimum Gasteiger partial charge on any atom is -0.298 e. The Balaban J connectivity index is 2.62. The van der Waals surface area contributed by atoms with E-state index in [9.17, 15) is 9.18 Å². The molecule has 0 bridgehead atoms. The van der Waals surface area contributed by atoms with E-state index in [1.54, 1.807) is 0 Å². The highest BCUT2D eigenvalue weighted by Gasteiger charge is 2.15. The van der Waals surface area contributed by atoms with E-state index in [4.69, 9.17) is 34.0 Å². The normalized spacial score (nSPS) is 10.3. The Kier molecular flexibility index (Phi) is 4.01. The lowest BCUT2D eigenvalue weighted by Crippen LogP contribution is -2.27. The number of nitrogens with zero attached hydrogens (tertiary/aromatic N) is 1. The van der Waals surface area contributed by atoms with E-state index in [0.717, 1.165) is 16.8 Å². The molecule has 1 aromatic heterocycles. The van der Waals surface area contributed by atoms with E-state index >= 15 is 0 Å². The summed E-state index contributed by atoms with van der Waals surface area (Å²) in [5.74, 6) is -0.843. The van der Waals surface area contributed by atoms with Crippen LogP contribution in [-0.4, -0.2) is 16.7 Å². The number of halogens is 3. The molecule has 2 rings (SSSR count). The van der Waals surface area contributed by atoms with Crippen LogP contribution in [0.3, 0.4) is 0 Å². The van der Waals surface area contributed by atoms with Crippen molar-refractivity contribution in [3.05, 3.63) is 62.9 Å². The third-order valence-electron chi connectivity index (χ3n) is 2.59. The summed E-state index contributed by atoms with van der Waals surface area (Å²) in [5, 5.41) is 15.9. The van der Waals surface area contributed by atoms with Gasteiger partial charge in [-0.25, -0.2) is 4.39 Å². The molecule has 2 N–H and O–H groups in total. The van der Waals surface area contributed by atoms with Gasteiger partial charge in [-0.3, -0.25) is 20.2 Å². The van der Waals surface area contributed by atoms with Gasteiger partial charge in [0.25, 0.3) is 0 Å². The van der Waals surface area contributed by atoms with E-state index in [2.05, 4.69) is 0 Å². The van der Waals surface area contributed by atoms with Gasteiger partial charge >= 0.3 is 0 Å². The minimum absolute atomic E-state index is 0.0840. The van der Waals surface area contributed by atoms with Crippen molar-refractivity contribution >= 4 is 35.3 Å². The lowest BCUT2D eigenvalue weighted by Gasteiger charge is -2.12. The topological polar surface area (TPSA) is 69.7 Å². The van der Waals surface area contributed by atoms with Crippen LogP contribution in [-0.2, 0) is 0 Å². The first-order chi connectivity index (χ1) is 9.43. The highest BCUT2D eigenvalue weighted by atomic mass is 35.5. The Hall–Kier alpha value is -1.98. The summed E-state index contributed by atoms with van der Waals surface area (Å²) in [6.07, 6.45) is 1.57. The largest absolute Gasteiger partial charge is 0.298 e. The Bertz CT molecular complexity index is 747. The molecule has 102 valence electrons. The molecule has 1 heterocycles. The standard InChI is InChI=1S/C13H8Cl2FN3O/c14-9-3-7(6-20)4-10(15)12(9)13(18)19-5-8(16)1-2-11(19)17/h1-6,17-18H. The third kappa shape index (κ3) is 2.64. The maximum Gasteiger partial charge on any atom is 0.150 e. The average molecular weight is 312 g/mol. The molecule has 1 aromatic carbocycles. The van der Waals surface area contributed by atoms with Crippen LogP contribution in [0, 0.1) is 16.6 Å². The molecule has 4 nitrogen and oxygen atoms in total. The van der Waals surface area contributed by atoms with Crippen molar-refractivity contribution in [3.63, 3.8) is 0 Å². The predicted octanol–water partition coefficient (Wildman–Crippen LogP) is 3.10. The first kappa shape index (κ1) is 14.4. The molecule has 7 heteroatoms. The average Bonchev–Trinajstić information content (AvgIpc) is 2.40.